The summed E-state index contributed by atoms with van der Waals surface area (Å²) in [6, 6.07) is 10.9. The SMILES string of the molecule is C=CCP(Br)(CC)(c1ccccc1)N(CC)CC. The quantitative estimate of drug-likeness (QED) is 0.520. The molecule has 0 spiro atoms. The van der Waals surface area contributed by atoms with Crippen LogP contribution in [0, 0.1) is 0 Å². The molecule has 0 aliphatic rings. The van der Waals surface area contributed by atoms with Crippen molar-refractivity contribution >= 4 is 26.3 Å². The van der Waals surface area contributed by atoms with Crippen molar-refractivity contribution < 1.29 is 0 Å². The van der Waals surface area contributed by atoms with E-state index in [0.29, 0.717) is 0 Å². The van der Waals surface area contributed by atoms with Crippen molar-refractivity contribution in [1.29, 1.82) is 0 Å². The average Bonchev–Trinajstić information content (AvgIpc) is 2.41. The molecule has 0 fully saturated rings. The molecule has 0 aliphatic carbocycles. The molecule has 3 heteroatoms. The van der Waals surface area contributed by atoms with E-state index >= 15 is 0 Å². The Kier molecular flexibility index (Phi) is 5.58. The first-order valence-corrected chi connectivity index (χ1v) is 11.3. The van der Waals surface area contributed by atoms with Gasteiger partial charge >= 0.3 is 120 Å². The Hall–Kier alpha value is -0.170. The molecular weight excluding hydrogens is 305 g/mol. The van der Waals surface area contributed by atoms with Crippen LogP contribution in [0.25, 0.3) is 0 Å². The van der Waals surface area contributed by atoms with E-state index in [4.69, 9.17) is 0 Å². The minimum absolute atomic E-state index is 1.02. The van der Waals surface area contributed by atoms with Gasteiger partial charge in [0, 0.05) is 0 Å². The molecule has 0 saturated heterocycles. The van der Waals surface area contributed by atoms with E-state index in [-0.39, 0.29) is 0 Å². The van der Waals surface area contributed by atoms with E-state index in [1.165, 1.54) is 5.30 Å². The molecule has 0 saturated carbocycles. The predicted molar refractivity (Wildman–Crippen MR) is 90.4 cm³/mol. The van der Waals surface area contributed by atoms with Gasteiger partial charge in [-0.2, -0.15) is 0 Å². The number of nitrogens with zero attached hydrogens (tertiary/aromatic N) is 1. The second-order valence-electron chi connectivity index (χ2n) is 4.58. The van der Waals surface area contributed by atoms with Crippen LogP contribution in [0.3, 0.4) is 0 Å². The molecule has 0 unspecified atom stereocenters. The van der Waals surface area contributed by atoms with Crippen LogP contribution < -0.4 is 5.30 Å². The van der Waals surface area contributed by atoms with E-state index in [9.17, 15) is 0 Å². The van der Waals surface area contributed by atoms with Gasteiger partial charge in [0.05, 0.1) is 0 Å². The Labute approximate surface area is 120 Å². The van der Waals surface area contributed by atoms with Gasteiger partial charge in [-0.25, -0.2) is 0 Å². The number of hydrogen-bond acceptors (Lipinski definition) is 1. The van der Waals surface area contributed by atoms with Crippen molar-refractivity contribution in [3.8, 4) is 0 Å². The molecule has 102 valence electrons. The summed E-state index contributed by atoms with van der Waals surface area (Å²) in [5, 5.41) is 1.44. The molecule has 1 aromatic carbocycles. The van der Waals surface area contributed by atoms with Crippen molar-refractivity contribution in [1.82, 2.24) is 4.67 Å². The van der Waals surface area contributed by atoms with Gasteiger partial charge in [0.15, 0.2) is 0 Å². The standard InChI is InChI=1S/C15H25BrNP/c1-5-14-18(16,8-4,17(6-2)7-3)15-12-10-9-11-13-15/h5,9-13H,1,6-8,14H2,2-4H3. The number of halogens is 1. The van der Waals surface area contributed by atoms with Crippen molar-refractivity contribution in [2.75, 3.05) is 25.4 Å². The third-order valence-corrected chi connectivity index (χ3v) is 14.4. The van der Waals surface area contributed by atoms with Crippen molar-refractivity contribution in [2.45, 2.75) is 20.8 Å². The van der Waals surface area contributed by atoms with Gasteiger partial charge in [-0.05, 0) is 0 Å². The average molecular weight is 330 g/mol. The predicted octanol–water partition coefficient (Wildman–Crippen LogP) is 4.64. The van der Waals surface area contributed by atoms with Crippen LogP contribution in [-0.4, -0.2) is 30.1 Å². The van der Waals surface area contributed by atoms with E-state index in [1.807, 2.05) is 0 Å². The Balaban J connectivity index is 3.45. The molecule has 1 nitrogen and oxygen atoms in total. The molecule has 0 amide bonds. The molecule has 1 rings (SSSR count). The number of benzene rings is 1. The monoisotopic (exact) mass is 329 g/mol. The Morgan fingerprint density at radius 3 is 2.11 bits per heavy atom. The van der Waals surface area contributed by atoms with Crippen LogP contribution >= 0.6 is 20.9 Å². The maximum atomic E-state index is 4.23. The van der Waals surface area contributed by atoms with E-state index < -0.39 is 5.46 Å². The van der Waals surface area contributed by atoms with Gasteiger partial charge in [0.2, 0.25) is 0 Å². The summed E-state index contributed by atoms with van der Waals surface area (Å²) in [5.74, 6) is 0. The summed E-state index contributed by atoms with van der Waals surface area (Å²) in [6.45, 7) is 12.9. The molecule has 0 N–H and O–H groups in total. The summed E-state index contributed by atoms with van der Waals surface area (Å²) in [7, 11) is 0. The first kappa shape index (κ1) is 15.9. The third-order valence-electron chi connectivity index (χ3n) is 3.86. The summed E-state index contributed by atoms with van der Waals surface area (Å²) in [4.78, 5) is 0. The van der Waals surface area contributed by atoms with Gasteiger partial charge in [-0.15, -0.1) is 0 Å². The van der Waals surface area contributed by atoms with Crippen LogP contribution in [0.2, 0.25) is 0 Å². The molecule has 0 radical (unpaired) electrons. The molecular formula is C15H25BrNP. The zero-order valence-electron chi connectivity index (χ0n) is 11.8. The summed E-state index contributed by atoms with van der Waals surface area (Å²) < 4.78 is 2.61. The Bertz CT molecular complexity index is 391. The van der Waals surface area contributed by atoms with E-state index in [2.05, 4.69) is 83.9 Å². The van der Waals surface area contributed by atoms with Crippen LogP contribution in [0.15, 0.2) is 43.0 Å². The summed E-state index contributed by atoms with van der Waals surface area (Å²) in [6.07, 6.45) is 4.22. The van der Waals surface area contributed by atoms with Crippen molar-refractivity contribution in [3.63, 3.8) is 0 Å². The van der Waals surface area contributed by atoms with Gasteiger partial charge in [-0.3, -0.25) is 0 Å². The second-order valence-corrected chi connectivity index (χ2v) is 14.3. The van der Waals surface area contributed by atoms with Crippen molar-refractivity contribution in [2.24, 2.45) is 0 Å². The zero-order valence-corrected chi connectivity index (χ0v) is 14.3. The van der Waals surface area contributed by atoms with Gasteiger partial charge < -0.3 is 0 Å². The second kappa shape index (κ2) is 6.32. The van der Waals surface area contributed by atoms with Crippen LogP contribution in [0.4, 0.5) is 0 Å². The number of hydrogen-bond donors (Lipinski definition) is 0. The number of rotatable bonds is 7. The first-order chi connectivity index (χ1) is 8.56. The van der Waals surface area contributed by atoms with Gasteiger partial charge in [0.25, 0.3) is 0 Å². The maximum absolute atomic E-state index is 4.23. The fraction of sp³-hybridized carbons (Fsp3) is 0.467. The van der Waals surface area contributed by atoms with E-state index in [1.54, 1.807) is 0 Å². The number of allylic oxidation sites excluding steroid dienone is 1. The molecule has 0 bridgehead atoms. The van der Waals surface area contributed by atoms with Crippen LogP contribution in [0.1, 0.15) is 20.8 Å². The van der Waals surface area contributed by atoms with Gasteiger partial charge in [-0.1, -0.05) is 0 Å². The van der Waals surface area contributed by atoms with Gasteiger partial charge in [0.1, 0.15) is 0 Å². The zero-order chi connectivity index (χ0) is 13.7. The van der Waals surface area contributed by atoms with Crippen molar-refractivity contribution in [3.05, 3.63) is 43.0 Å². The Morgan fingerprint density at radius 2 is 1.72 bits per heavy atom. The topological polar surface area (TPSA) is 3.24 Å². The summed E-state index contributed by atoms with van der Waals surface area (Å²) in [5.41, 5.74) is -2.24. The molecule has 0 aliphatic heterocycles. The molecule has 0 aromatic heterocycles. The molecule has 0 heterocycles. The molecule has 18 heavy (non-hydrogen) atoms. The molecule has 0 atom stereocenters. The normalized spacial score (nSPS) is 14.2. The van der Waals surface area contributed by atoms with E-state index in [0.717, 1.165) is 25.4 Å². The van der Waals surface area contributed by atoms with Crippen LogP contribution in [-0.2, 0) is 0 Å². The van der Waals surface area contributed by atoms with Crippen LogP contribution in [0.5, 0.6) is 0 Å². The minimum atomic E-state index is -2.24. The third kappa shape index (κ3) is 2.57. The fourth-order valence-electron chi connectivity index (χ4n) is 2.79. The first-order valence-electron chi connectivity index (χ1n) is 6.71. The Morgan fingerprint density at radius 1 is 1.17 bits per heavy atom. The fourth-order valence-corrected chi connectivity index (χ4v) is 9.91. The molecule has 1 aromatic rings. The summed E-state index contributed by atoms with van der Waals surface area (Å²) >= 11 is 4.23.